The third-order valence-corrected chi connectivity index (χ3v) is 3.96. The first kappa shape index (κ1) is 14.8. The van der Waals surface area contributed by atoms with Crippen LogP contribution in [0.25, 0.3) is 5.69 Å². The van der Waals surface area contributed by atoms with Gasteiger partial charge in [-0.25, -0.2) is 4.68 Å². The van der Waals surface area contributed by atoms with Crippen LogP contribution in [0, 0.1) is 12.8 Å². The molecule has 1 saturated carbocycles. The Morgan fingerprint density at radius 2 is 1.86 bits per heavy atom. The minimum Gasteiger partial charge on any atom is -0.310 e. The van der Waals surface area contributed by atoms with Crippen molar-refractivity contribution in [1.82, 2.24) is 9.78 Å². The molecule has 3 rings (SSSR count). The number of nitrogens with one attached hydrogen (secondary N) is 1. The number of rotatable bonds is 3. The second kappa shape index (κ2) is 5.27. The highest BCUT2D eigenvalue weighted by atomic mass is 16.2. The quantitative estimate of drug-likeness (QED) is 0.936. The van der Waals surface area contributed by atoms with Crippen molar-refractivity contribution in [3.63, 3.8) is 0 Å². The van der Waals surface area contributed by atoms with Crippen molar-refractivity contribution in [1.29, 1.82) is 0 Å². The van der Waals surface area contributed by atoms with E-state index in [1.54, 1.807) is 0 Å². The van der Waals surface area contributed by atoms with E-state index in [9.17, 15) is 4.79 Å². The highest BCUT2D eigenvalue weighted by molar-refractivity contribution is 5.93. The number of carbonyl (C=O) groups is 1. The number of hydrogen-bond acceptors (Lipinski definition) is 2. The van der Waals surface area contributed by atoms with Crippen molar-refractivity contribution in [3.05, 3.63) is 41.6 Å². The summed E-state index contributed by atoms with van der Waals surface area (Å²) in [6, 6.07) is 10.2. The number of anilines is 1. The Morgan fingerprint density at radius 3 is 2.41 bits per heavy atom. The maximum absolute atomic E-state index is 12.1. The van der Waals surface area contributed by atoms with E-state index < -0.39 is 0 Å². The summed E-state index contributed by atoms with van der Waals surface area (Å²) in [4.78, 5) is 12.1. The number of nitrogens with zero attached hydrogens (tertiary/aromatic N) is 2. The van der Waals surface area contributed by atoms with Crippen LogP contribution in [-0.2, 0) is 10.2 Å². The van der Waals surface area contributed by atoms with Gasteiger partial charge in [-0.3, -0.25) is 4.79 Å². The zero-order chi connectivity index (χ0) is 15.9. The molecule has 0 aliphatic heterocycles. The summed E-state index contributed by atoms with van der Waals surface area (Å²) in [5, 5.41) is 7.76. The summed E-state index contributed by atoms with van der Waals surface area (Å²) >= 11 is 0. The molecule has 1 heterocycles. The lowest BCUT2D eigenvalue weighted by atomic mass is 9.92. The largest absolute Gasteiger partial charge is 0.310 e. The molecule has 0 radical (unpaired) electrons. The zero-order valence-electron chi connectivity index (χ0n) is 13.7. The minimum absolute atomic E-state index is 0.0605. The molecule has 1 N–H and O–H groups in total. The van der Waals surface area contributed by atoms with Crippen LogP contribution in [0.1, 0.15) is 44.9 Å². The molecule has 1 aliphatic carbocycles. The van der Waals surface area contributed by atoms with Crippen molar-refractivity contribution in [2.24, 2.45) is 5.92 Å². The van der Waals surface area contributed by atoms with E-state index >= 15 is 0 Å². The fourth-order valence-electron chi connectivity index (χ4n) is 2.29. The highest BCUT2D eigenvalue weighted by Gasteiger charge is 2.31. The molecule has 0 saturated heterocycles. The molecule has 4 nitrogen and oxygen atoms in total. The maximum Gasteiger partial charge on any atom is 0.228 e. The molecule has 2 aromatic rings. The number of hydrogen-bond donors (Lipinski definition) is 1. The lowest BCUT2D eigenvalue weighted by Gasteiger charge is -2.14. The summed E-state index contributed by atoms with van der Waals surface area (Å²) in [5.41, 5.74) is 3.08. The van der Waals surface area contributed by atoms with Crippen molar-refractivity contribution < 1.29 is 4.79 Å². The van der Waals surface area contributed by atoms with E-state index in [0.717, 1.165) is 30.0 Å². The van der Waals surface area contributed by atoms with Crippen LogP contribution in [0.15, 0.2) is 30.3 Å². The SMILES string of the molecule is Cc1ccc(-n2nc(C(C)(C)C)cc2NC(=O)C2CC2)cc1. The second-order valence-electron chi connectivity index (χ2n) is 7.18. The van der Waals surface area contributed by atoms with Crippen molar-refractivity contribution >= 4 is 11.7 Å². The first-order valence-corrected chi connectivity index (χ1v) is 7.83. The standard InChI is InChI=1S/C18H23N3O/c1-12-5-9-14(10-6-12)21-16(19-17(22)13-7-8-13)11-15(20-21)18(2,3)4/h5-6,9-11,13H,7-8H2,1-4H3,(H,19,22). The number of benzene rings is 1. The van der Waals surface area contributed by atoms with E-state index in [1.807, 2.05) is 22.9 Å². The Balaban J connectivity index is 1.99. The number of amides is 1. The van der Waals surface area contributed by atoms with Gasteiger partial charge in [0.05, 0.1) is 11.4 Å². The smallest absolute Gasteiger partial charge is 0.228 e. The normalized spacial score (nSPS) is 14.9. The number of aryl methyl sites for hydroxylation is 1. The van der Waals surface area contributed by atoms with E-state index in [0.29, 0.717) is 0 Å². The Bertz CT molecular complexity index is 688. The van der Waals surface area contributed by atoms with Gasteiger partial charge in [0.25, 0.3) is 0 Å². The van der Waals surface area contributed by atoms with E-state index in [2.05, 4.69) is 45.1 Å². The Morgan fingerprint density at radius 1 is 1.23 bits per heavy atom. The van der Waals surface area contributed by atoms with E-state index in [-0.39, 0.29) is 17.2 Å². The third-order valence-electron chi connectivity index (χ3n) is 3.96. The second-order valence-corrected chi connectivity index (χ2v) is 7.18. The third kappa shape index (κ3) is 3.06. The van der Waals surface area contributed by atoms with Crippen LogP contribution < -0.4 is 5.32 Å². The van der Waals surface area contributed by atoms with Crippen molar-refractivity contribution in [3.8, 4) is 5.69 Å². The van der Waals surface area contributed by atoms with E-state index in [1.165, 1.54) is 5.56 Å². The lowest BCUT2D eigenvalue weighted by Crippen LogP contribution is -2.16. The molecule has 0 unspecified atom stereocenters. The molecule has 1 aliphatic rings. The predicted molar refractivity (Wildman–Crippen MR) is 88.4 cm³/mol. The molecule has 1 aromatic carbocycles. The summed E-state index contributed by atoms with van der Waals surface area (Å²) in [7, 11) is 0. The zero-order valence-corrected chi connectivity index (χ0v) is 13.7. The molecule has 0 spiro atoms. The topological polar surface area (TPSA) is 46.9 Å². The van der Waals surface area contributed by atoms with Gasteiger partial charge in [-0.05, 0) is 31.9 Å². The fourth-order valence-corrected chi connectivity index (χ4v) is 2.29. The van der Waals surface area contributed by atoms with Crippen LogP contribution in [-0.4, -0.2) is 15.7 Å². The summed E-state index contributed by atoms with van der Waals surface area (Å²) < 4.78 is 1.83. The van der Waals surface area contributed by atoms with Crippen LogP contribution in [0.3, 0.4) is 0 Å². The monoisotopic (exact) mass is 297 g/mol. The molecule has 4 heteroatoms. The van der Waals surface area contributed by atoms with Gasteiger partial charge >= 0.3 is 0 Å². The fraction of sp³-hybridized carbons (Fsp3) is 0.444. The Kier molecular flexibility index (Phi) is 3.55. The molecule has 1 aromatic heterocycles. The van der Waals surface area contributed by atoms with Crippen LogP contribution in [0.2, 0.25) is 0 Å². The van der Waals surface area contributed by atoms with Crippen molar-refractivity contribution in [2.45, 2.75) is 46.0 Å². The average Bonchev–Trinajstić information content (AvgIpc) is 3.20. The summed E-state index contributed by atoms with van der Waals surface area (Å²) in [6.45, 7) is 8.44. The number of carbonyl (C=O) groups excluding carboxylic acids is 1. The first-order chi connectivity index (χ1) is 10.3. The highest BCUT2D eigenvalue weighted by Crippen LogP contribution is 2.32. The molecule has 22 heavy (non-hydrogen) atoms. The van der Waals surface area contributed by atoms with Gasteiger partial charge < -0.3 is 5.32 Å². The first-order valence-electron chi connectivity index (χ1n) is 7.83. The Hall–Kier alpha value is -2.10. The molecule has 0 atom stereocenters. The van der Waals surface area contributed by atoms with Crippen LogP contribution >= 0.6 is 0 Å². The molecular formula is C18H23N3O. The van der Waals surface area contributed by atoms with Gasteiger partial charge in [-0.2, -0.15) is 5.10 Å². The molecule has 1 amide bonds. The Labute approximate surface area is 131 Å². The summed E-state index contributed by atoms with van der Waals surface area (Å²) in [5.74, 6) is 1.04. The van der Waals surface area contributed by atoms with Crippen LogP contribution in [0.4, 0.5) is 5.82 Å². The average molecular weight is 297 g/mol. The van der Waals surface area contributed by atoms with Crippen molar-refractivity contribution in [2.75, 3.05) is 5.32 Å². The maximum atomic E-state index is 12.1. The molecule has 0 bridgehead atoms. The van der Waals surface area contributed by atoms with Gasteiger partial charge in [0, 0.05) is 17.4 Å². The molecule has 1 fully saturated rings. The molecular weight excluding hydrogens is 274 g/mol. The number of aromatic nitrogens is 2. The van der Waals surface area contributed by atoms with E-state index in [4.69, 9.17) is 5.10 Å². The van der Waals surface area contributed by atoms with Gasteiger partial charge in [0.1, 0.15) is 5.82 Å². The predicted octanol–water partition coefficient (Wildman–Crippen LogP) is 3.83. The van der Waals surface area contributed by atoms with Gasteiger partial charge in [-0.1, -0.05) is 38.5 Å². The minimum atomic E-state index is -0.0605. The van der Waals surface area contributed by atoms with Gasteiger partial charge in [-0.15, -0.1) is 0 Å². The van der Waals surface area contributed by atoms with Crippen LogP contribution in [0.5, 0.6) is 0 Å². The molecule has 116 valence electrons. The van der Waals surface area contributed by atoms with Gasteiger partial charge in [0.2, 0.25) is 5.91 Å². The summed E-state index contributed by atoms with van der Waals surface area (Å²) in [6.07, 6.45) is 1.99. The lowest BCUT2D eigenvalue weighted by molar-refractivity contribution is -0.117. The van der Waals surface area contributed by atoms with Gasteiger partial charge in [0.15, 0.2) is 0 Å².